The molecular weight excluding hydrogens is 430 g/mol. The van der Waals surface area contributed by atoms with Crippen molar-refractivity contribution in [1.82, 2.24) is 0 Å². The molecule has 0 aliphatic heterocycles. The summed E-state index contributed by atoms with van der Waals surface area (Å²) in [5, 5.41) is 2.93. The van der Waals surface area contributed by atoms with Crippen LogP contribution in [-0.2, 0) is 19.7 Å². The zero-order chi connectivity index (χ0) is 24.1. The van der Waals surface area contributed by atoms with Gasteiger partial charge in [0.2, 0.25) is 0 Å². The number of thiophene rings is 1. The van der Waals surface area contributed by atoms with Gasteiger partial charge in [0.15, 0.2) is 6.61 Å². The summed E-state index contributed by atoms with van der Waals surface area (Å²) in [6, 6.07) is 5.90. The molecule has 0 bridgehead atoms. The maximum absolute atomic E-state index is 12.7. The van der Waals surface area contributed by atoms with Crippen LogP contribution in [0, 0.1) is 13.8 Å². The second-order valence-electron chi connectivity index (χ2n) is 8.29. The van der Waals surface area contributed by atoms with Crippen molar-refractivity contribution in [1.29, 1.82) is 0 Å². The Balaban J connectivity index is 2.26. The van der Waals surface area contributed by atoms with E-state index in [9.17, 15) is 14.4 Å². The number of carbonyl (C=O) groups excluding carboxylic acids is 3. The van der Waals surface area contributed by atoms with E-state index in [0.29, 0.717) is 11.3 Å². The molecule has 1 amide bonds. The van der Waals surface area contributed by atoms with E-state index in [4.69, 9.17) is 14.2 Å². The lowest BCUT2D eigenvalue weighted by Gasteiger charge is -2.23. The topological polar surface area (TPSA) is 90.9 Å². The summed E-state index contributed by atoms with van der Waals surface area (Å²) < 4.78 is 16.0. The third kappa shape index (κ3) is 6.09. The van der Waals surface area contributed by atoms with Gasteiger partial charge in [0.25, 0.3) is 5.91 Å². The predicted octanol–water partition coefficient (Wildman–Crippen LogP) is 5.03. The highest BCUT2D eigenvalue weighted by atomic mass is 32.1. The van der Waals surface area contributed by atoms with Crippen LogP contribution in [0.15, 0.2) is 18.2 Å². The zero-order valence-corrected chi connectivity index (χ0v) is 20.5. The molecule has 1 heterocycles. The molecule has 0 spiro atoms. The number of hydrogen-bond acceptors (Lipinski definition) is 7. The minimum Gasteiger partial charge on any atom is -0.483 e. The third-order valence-corrected chi connectivity index (χ3v) is 5.83. The number of benzene rings is 1. The molecule has 32 heavy (non-hydrogen) atoms. The van der Waals surface area contributed by atoms with E-state index in [1.807, 2.05) is 25.1 Å². The van der Waals surface area contributed by atoms with Crippen LogP contribution in [0.2, 0.25) is 0 Å². The number of nitrogens with one attached hydrogen (secondary N) is 1. The summed E-state index contributed by atoms with van der Waals surface area (Å²) in [4.78, 5) is 37.7. The molecule has 0 fully saturated rings. The van der Waals surface area contributed by atoms with Crippen LogP contribution in [-0.4, -0.2) is 37.7 Å². The van der Waals surface area contributed by atoms with Crippen LogP contribution in [0.1, 0.15) is 71.3 Å². The molecule has 8 heteroatoms. The van der Waals surface area contributed by atoms with E-state index >= 15 is 0 Å². The Bertz CT molecular complexity index is 1000. The highest BCUT2D eigenvalue weighted by Gasteiger charge is 2.27. The fourth-order valence-corrected chi connectivity index (χ4v) is 4.22. The molecule has 1 N–H and O–H groups in total. The molecule has 0 atom stereocenters. The van der Waals surface area contributed by atoms with E-state index < -0.39 is 17.8 Å². The number of anilines is 1. The van der Waals surface area contributed by atoms with Crippen LogP contribution in [0.3, 0.4) is 0 Å². The molecule has 7 nitrogen and oxygen atoms in total. The van der Waals surface area contributed by atoms with Gasteiger partial charge in [-0.2, -0.15) is 0 Å². The number of amides is 1. The molecule has 0 unspecified atom stereocenters. The van der Waals surface area contributed by atoms with Gasteiger partial charge in [-0.25, -0.2) is 9.59 Å². The van der Waals surface area contributed by atoms with Gasteiger partial charge in [-0.15, -0.1) is 11.3 Å². The Hall–Kier alpha value is -2.87. The number of aryl methyl sites for hydroxylation is 1. The molecule has 0 saturated carbocycles. The zero-order valence-electron chi connectivity index (χ0n) is 19.7. The average Bonchev–Trinajstić information content (AvgIpc) is 3.01. The standard InChI is InChI=1S/C24H31NO6S/c1-8-29-22(27)19-15(4)20(23(28)30-9-2)32-21(19)25-18(26)13-31-17-12-14(3)10-11-16(17)24(5,6)7/h10-12H,8-9,13H2,1-7H3,(H,25,26). The second kappa shape index (κ2) is 10.6. The Labute approximate surface area is 193 Å². The lowest BCUT2D eigenvalue weighted by Crippen LogP contribution is -2.22. The third-order valence-electron chi connectivity index (χ3n) is 4.64. The van der Waals surface area contributed by atoms with Crippen LogP contribution in [0.25, 0.3) is 0 Å². The first-order chi connectivity index (χ1) is 15.0. The van der Waals surface area contributed by atoms with Gasteiger partial charge in [-0.05, 0) is 55.9 Å². The number of hydrogen-bond donors (Lipinski definition) is 1. The Kier molecular flexibility index (Phi) is 8.44. The highest BCUT2D eigenvalue weighted by molar-refractivity contribution is 7.18. The number of esters is 2. The van der Waals surface area contributed by atoms with Crippen molar-refractivity contribution in [2.75, 3.05) is 25.1 Å². The predicted molar refractivity (Wildman–Crippen MR) is 125 cm³/mol. The van der Waals surface area contributed by atoms with Crippen molar-refractivity contribution in [2.45, 2.75) is 53.9 Å². The van der Waals surface area contributed by atoms with Crippen LogP contribution in [0.4, 0.5) is 5.00 Å². The van der Waals surface area contributed by atoms with Crippen molar-refractivity contribution in [3.8, 4) is 5.75 Å². The van der Waals surface area contributed by atoms with Gasteiger partial charge >= 0.3 is 11.9 Å². The Morgan fingerprint density at radius 2 is 1.62 bits per heavy atom. The summed E-state index contributed by atoms with van der Waals surface area (Å²) in [5.74, 6) is -0.977. The molecule has 174 valence electrons. The SMILES string of the molecule is CCOC(=O)c1sc(NC(=O)COc2cc(C)ccc2C(C)(C)C)c(C(=O)OCC)c1C. The maximum atomic E-state index is 12.7. The highest BCUT2D eigenvalue weighted by Crippen LogP contribution is 2.35. The lowest BCUT2D eigenvalue weighted by atomic mass is 9.86. The average molecular weight is 462 g/mol. The number of ether oxygens (including phenoxy) is 3. The van der Waals surface area contributed by atoms with Gasteiger partial charge in [0, 0.05) is 0 Å². The minimum atomic E-state index is -0.610. The molecule has 2 aromatic rings. The minimum absolute atomic E-state index is 0.152. The molecule has 0 saturated heterocycles. The Morgan fingerprint density at radius 3 is 2.22 bits per heavy atom. The lowest BCUT2D eigenvalue weighted by molar-refractivity contribution is -0.118. The summed E-state index contributed by atoms with van der Waals surface area (Å²) in [5.41, 5.74) is 2.41. The summed E-state index contributed by atoms with van der Waals surface area (Å²) in [6.45, 7) is 13.3. The molecule has 0 radical (unpaired) electrons. The fourth-order valence-electron chi connectivity index (χ4n) is 3.12. The Morgan fingerprint density at radius 1 is 1.00 bits per heavy atom. The maximum Gasteiger partial charge on any atom is 0.348 e. The van der Waals surface area contributed by atoms with E-state index in [1.165, 1.54) is 0 Å². The molecule has 2 rings (SSSR count). The van der Waals surface area contributed by atoms with E-state index in [-0.39, 0.29) is 40.7 Å². The first-order valence-electron chi connectivity index (χ1n) is 10.5. The van der Waals surface area contributed by atoms with Crippen LogP contribution < -0.4 is 10.1 Å². The van der Waals surface area contributed by atoms with Crippen molar-refractivity contribution >= 4 is 34.2 Å². The van der Waals surface area contributed by atoms with Gasteiger partial charge in [0.05, 0.1) is 18.8 Å². The summed E-state index contributed by atoms with van der Waals surface area (Å²) in [6.07, 6.45) is 0. The number of rotatable bonds is 8. The van der Waals surface area contributed by atoms with Gasteiger partial charge in [0.1, 0.15) is 15.6 Å². The normalized spacial score (nSPS) is 11.1. The van der Waals surface area contributed by atoms with Crippen LogP contribution >= 0.6 is 11.3 Å². The summed E-state index contributed by atoms with van der Waals surface area (Å²) in [7, 11) is 0. The molecular formula is C24H31NO6S. The second-order valence-corrected chi connectivity index (χ2v) is 9.31. The quantitative estimate of drug-likeness (QED) is 0.554. The van der Waals surface area contributed by atoms with Crippen molar-refractivity contribution in [3.05, 3.63) is 45.3 Å². The van der Waals surface area contributed by atoms with Crippen molar-refractivity contribution < 1.29 is 28.6 Å². The van der Waals surface area contributed by atoms with E-state index in [1.54, 1.807) is 20.8 Å². The van der Waals surface area contributed by atoms with Gasteiger partial charge in [-0.3, -0.25) is 4.79 Å². The van der Waals surface area contributed by atoms with Crippen molar-refractivity contribution in [3.63, 3.8) is 0 Å². The van der Waals surface area contributed by atoms with E-state index in [0.717, 1.165) is 22.5 Å². The number of carbonyl (C=O) groups is 3. The fraction of sp³-hybridized carbons (Fsp3) is 0.458. The van der Waals surface area contributed by atoms with Crippen molar-refractivity contribution in [2.24, 2.45) is 0 Å². The van der Waals surface area contributed by atoms with Crippen LogP contribution in [0.5, 0.6) is 5.75 Å². The molecule has 1 aromatic carbocycles. The first kappa shape index (κ1) is 25.4. The largest absolute Gasteiger partial charge is 0.483 e. The van der Waals surface area contributed by atoms with E-state index in [2.05, 4.69) is 26.1 Å². The monoisotopic (exact) mass is 461 g/mol. The molecule has 0 aliphatic carbocycles. The molecule has 0 aliphatic rings. The van der Waals surface area contributed by atoms with Gasteiger partial charge in [-0.1, -0.05) is 32.9 Å². The van der Waals surface area contributed by atoms with Gasteiger partial charge < -0.3 is 19.5 Å². The molecule has 1 aromatic heterocycles. The first-order valence-corrected chi connectivity index (χ1v) is 11.3. The smallest absolute Gasteiger partial charge is 0.348 e. The summed E-state index contributed by atoms with van der Waals surface area (Å²) >= 11 is 0.985.